The highest BCUT2D eigenvalue weighted by Crippen LogP contribution is 2.37. The maximum Gasteiger partial charge on any atom is 0.315 e. The van der Waals surface area contributed by atoms with Gasteiger partial charge in [-0.1, -0.05) is 34.5 Å². The van der Waals surface area contributed by atoms with Gasteiger partial charge in [0, 0.05) is 17.6 Å². The first-order valence-electron chi connectivity index (χ1n) is 9.21. The molecule has 1 aromatic rings. The van der Waals surface area contributed by atoms with Crippen LogP contribution in [0.4, 0.5) is 4.79 Å². The van der Waals surface area contributed by atoms with Crippen molar-refractivity contribution in [3.63, 3.8) is 0 Å². The Kier molecular flexibility index (Phi) is 6.34. The largest absolute Gasteiger partial charge is 0.341 e. The molecule has 5 nitrogen and oxygen atoms in total. The smallest absolute Gasteiger partial charge is 0.315 e. The minimum atomic E-state index is -0.259. The van der Waals surface area contributed by atoms with Crippen LogP contribution in [0, 0.1) is 5.92 Å². The molecule has 0 radical (unpaired) electrons. The van der Waals surface area contributed by atoms with Gasteiger partial charge in [-0.15, -0.1) is 0 Å². The second kappa shape index (κ2) is 8.70. The zero-order chi connectivity index (χ0) is 17.6. The van der Waals surface area contributed by atoms with E-state index in [-0.39, 0.29) is 24.5 Å². The Morgan fingerprint density at radius 1 is 1.08 bits per heavy atom. The van der Waals surface area contributed by atoms with E-state index in [0.717, 1.165) is 48.8 Å². The molecule has 1 aromatic carbocycles. The highest BCUT2D eigenvalue weighted by atomic mass is 79.9. The number of rotatable bonds is 5. The summed E-state index contributed by atoms with van der Waals surface area (Å²) in [6.07, 6.45) is 6.79. The summed E-state index contributed by atoms with van der Waals surface area (Å²) in [6.45, 7) is 1.70. The third kappa shape index (κ3) is 4.97. The Labute approximate surface area is 157 Å². The van der Waals surface area contributed by atoms with E-state index in [4.69, 9.17) is 0 Å². The predicted molar refractivity (Wildman–Crippen MR) is 101 cm³/mol. The number of nitrogens with zero attached hydrogens (tertiary/aromatic N) is 1. The van der Waals surface area contributed by atoms with Gasteiger partial charge in [0.25, 0.3) is 0 Å². The van der Waals surface area contributed by atoms with Crippen molar-refractivity contribution in [1.82, 2.24) is 15.5 Å². The summed E-state index contributed by atoms with van der Waals surface area (Å²) >= 11 is 3.45. The van der Waals surface area contributed by atoms with Gasteiger partial charge < -0.3 is 15.5 Å². The lowest BCUT2D eigenvalue weighted by atomic mass is 9.77. The Morgan fingerprint density at radius 3 is 2.36 bits per heavy atom. The van der Waals surface area contributed by atoms with Crippen LogP contribution in [0.2, 0.25) is 0 Å². The monoisotopic (exact) mass is 407 g/mol. The quantitative estimate of drug-likeness (QED) is 0.782. The number of nitrogens with one attached hydrogen (secondary N) is 2. The van der Waals surface area contributed by atoms with Gasteiger partial charge in [0.15, 0.2) is 0 Å². The highest BCUT2D eigenvalue weighted by Gasteiger charge is 2.30. The van der Waals surface area contributed by atoms with Crippen molar-refractivity contribution < 1.29 is 9.59 Å². The van der Waals surface area contributed by atoms with E-state index < -0.39 is 0 Å². The van der Waals surface area contributed by atoms with Crippen LogP contribution >= 0.6 is 15.9 Å². The number of hydrogen-bond acceptors (Lipinski definition) is 2. The standard InChI is InChI=1S/C19H26BrN3O2/c20-16-9-7-15(8-10-16)18(14-5-4-6-14)22-19(25)21-13-17(24)23-11-2-1-3-12-23/h7-10,14,18H,1-6,11-13H2,(H2,21,22,25)/t18-/m0/s1. The molecule has 1 aliphatic heterocycles. The fourth-order valence-electron chi connectivity index (χ4n) is 3.52. The Morgan fingerprint density at radius 2 is 1.76 bits per heavy atom. The second-order valence-corrected chi connectivity index (χ2v) is 7.90. The molecule has 3 amide bonds. The number of hydrogen-bond donors (Lipinski definition) is 2. The topological polar surface area (TPSA) is 61.4 Å². The van der Waals surface area contributed by atoms with E-state index in [2.05, 4.69) is 26.6 Å². The maximum atomic E-state index is 12.3. The SMILES string of the molecule is O=C(NCC(=O)N1CCCCC1)N[C@H](c1ccc(Br)cc1)C1CCC1. The number of carbonyl (C=O) groups is 2. The van der Waals surface area contributed by atoms with Crippen molar-refractivity contribution in [2.24, 2.45) is 5.92 Å². The van der Waals surface area contributed by atoms with Crippen LogP contribution in [0.3, 0.4) is 0 Å². The van der Waals surface area contributed by atoms with Gasteiger partial charge in [-0.05, 0) is 55.7 Å². The highest BCUT2D eigenvalue weighted by molar-refractivity contribution is 9.10. The number of halogens is 1. The third-order valence-corrected chi connectivity index (χ3v) is 5.77. The Balaban J connectivity index is 1.53. The molecule has 2 N–H and O–H groups in total. The van der Waals surface area contributed by atoms with Gasteiger partial charge in [0.2, 0.25) is 5.91 Å². The van der Waals surface area contributed by atoms with E-state index in [1.54, 1.807) is 0 Å². The zero-order valence-corrected chi connectivity index (χ0v) is 16.1. The number of amides is 3. The van der Waals surface area contributed by atoms with Crippen molar-refractivity contribution >= 4 is 27.9 Å². The van der Waals surface area contributed by atoms with Gasteiger partial charge >= 0.3 is 6.03 Å². The molecule has 25 heavy (non-hydrogen) atoms. The molecule has 1 heterocycles. The molecule has 2 aliphatic rings. The molecule has 1 atom stereocenters. The molecule has 0 bridgehead atoms. The van der Waals surface area contributed by atoms with E-state index >= 15 is 0 Å². The normalized spacial score (nSPS) is 19.0. The summed E-state index contributed by atoms with van der Waals surface area (Å²) in [5, 5.41) is 5.82. The van der Waals surface area contributed by atoms with E-state index in [0.29, 0.717) is 5.92 Å². The van der Waals surface area contributed by atoms with Crippen LogP contribution in [0.25, 0.3) is 0 Å². The molecular weight excluding hydrogens is 382 g/mol. The molecule has 0 spiro atoms. The Hall–Kier alpha value is -1.56. The summed E-state index contributed by atoms with van der Waals surface area (Å²) < 4.78 is 1.03. The van der Waals surface area contributed by atoms with Crippen LogP contribution in [-0.4, -0.2) is 36.5 Å². The summed E-state index contributed by atoms with van der Waals surface area (Å²) in [4.78, 5) is 26.3. The van der Waals surface area contributed by atoms with Crippen molar-refractivity contribution in [3.05, 3.63) is 34.3 Å². The van der Waals surface area contributed by atoms with Crippen LogP contribution in [0.15, 0.2) is 28.7 Å². The molecule has 0 aromatic heterocycles. The van der Waals surface area contributed by atoms with Crippen molar-refractivity contribution in [3.8, 4) is 0 Å². The number of urea groups is 1. The first-order valence-corrected chi connectivity index (χ1v) is 10.0. The predicted octanol–water partition coefficient (Wildman–Crippen LogP) is 3.60. The molecule has 136 valence electrons. The van der Waals surface area contributed by atoms with E-state index in [1.807, 2.05) is 29.2 Å². The molecule has 2 fully saturated rings. The fourth-order valence-corrected chi connectivity index (χ4v) is 3.78. The van der Waals surface area contributed by atoms with Gasteiger partial charge in [0.05, 0.1) is 12.6 Å². The summed E-state index contributed by atoms with van der Waals surface area (Å²) in [6, 6.07) is 7.84. The summed E-state index contributed by atoms with van der Waals surface area (Å²) in [5.41, 5.74) is 1.12. The van der Waals surface area contributed by atoms with Gasteiger partial charge in [0.1, 0.15) is 0 Å². The maximum absolute atomic E-state index is 12.3. The van der Waals surface area contributed by atoms with Crippen LogP contribution in [0.5, 0.6) is 0 Å². The van der Waals surface area contributed by atoms with Crippen molar-refractivity contribution in [2.45, 2.75) is 44.6 Å². The number of piperidine rings is 1. The van der Waals surface area contributed by atoms with Gasteiger partial charge in [-0.25, -0.2) is 4.79 Å². The summed E-state index contributed by atoms with van der Waals surface area (Å²) in [7, 11) is 0. The lowest BCUT2D eigenvalue weighted by Crippen LogP contribution is -2.47. The van der Waals surface area contributed by atoms with Gasteiger partial charge in [-0.3, -0.25) is 4.79 Å². The molecule has 3 rings (SSSR count). The fraction of sp³-hybridized carbons (Fsp3) is 0.579. The minimum Gasteiger partial charge on any atom is -0.341 e. The lowest BCUT2D eigenvalue weighted by Gasteiger charge is -2.34. The van der Waals surface area contributed by atoms with Crippen LogP contribution in [0.1, 0.15) is 50.1 Å². The van der Waals surface area contributed by atoms with Crippen molar-refractivity contribution in [1.29, 1.82) is 0 Å². The average molecular weight is 408 g/mol. The zero-order valence-electron chi connectivity index (χ0n) is 14.5. The third-order valence-electron chi connectivity index (χ3n) is 5.25. The number of benzene rings is 1. The number of carbonyl (C=O) groups excluding carboxylic acids is 2. The van der Waals surface area contributed by atoms with E-state index in [1.165, 1.54) is 12.8 Å². The molecular formula is C19H26BrN3O2. The molecule has 6 heteroatoms. The summed E-state index contributed by atoms with van der Waals surface area (Å²) in [5.74, 6) is 0.489. The Bertz CT molecular complexity index is 595. The molecule has 1 aliphatic carbocycles. The van der Waals surface area contributed by atoms with Crippen molar-refractivity contribution in [2.75, 3.05) is 19.6 Å². The average Bonchev–Trinajstić information content (AvgIpc) is 2.59. The second-order valence-electron chi connectivity index (χ2n) is 6.99. The molecule has 1 saturated heterocycles. The first kappa shape index (κ1) is 18.2. The number of likely N-dealkylation sites (tertiary alicyclic amines) is 1. The lowest BCUT2D eigenvalue weighted by molar-refractivity contribution is -0.130. The van der Waals surface area contributed by atoms with Crippen LogP contribution in [-0.2, 0) is 4.79 Å². The first-order chi connectivity index (χ1) is 12.1. The minimum absolute atomic E-state index is 0.00642. The van der Waals surface area contributed by atoms with E-state index in [9.17, 15) is 9.59 Å². The molecule has 0 unspecified atom stereocenters. The van der Waals surface area contributed by atoms with Crippen LogP contribution < -0.4 is 10.6 Å². The van der Waals surface area contributed by atoms with Gasteiger partial charge in [-0.2, -0.15) is 0 Å². The molecule has 1 saturated carbocycles.